The first-order valence-electron chi connectivity index (χ1n) is 10.2. The first-order valence-corrected chi connectivity index (χ1v) is 10.2. The molecule has 3 N–H and O–H groups in total. The average Bonchev–Trinajstić information content (AvgIpc) is 2.65. The maximum atomic E-state index is 12.6. The van der Waals surface area contributed by atoms with Crippen LogP contribution in [0.25, 0.3) is 0 Å². The first-order chi connectivity index (χ1) is 13.6. The molecule has 0 fully saturated rings. The number of allylic oxidation sites excluding steroid dienone is 5. The van der Waals surface area contributed by atoms with Crippen molar-refractivity contribution in [2.75, 3.05) is 6.54 Å². The van der Waals surface area contributed by atoms with Gasteiger partial charge in [-0.2, -0.15) is 0 Å². The number of carbonyl (C=O) groups excluding carboxylic acids is 2. The highest BCUT2D eigenvalue weighted by molar-refractivity contribution is 6.48. The van der Waals surface area contributed by atoms with Gasteiger partial charge in [-0.3, -0.25) is 14.4 Å². The monoisotopic (exact) mass is 399 g/mol. The number of hydrogen-bond donors (Lipinski definition) is 3. The number of Topliss-reactive ketones (excluding diaryl/α,β-unsaturated/α-hetero) is 1. The van der Waals surface area contributed by atoms with E-state index in [0.29, 0.717) is 5.92 Å². The highest BCUT2D eigenvalue weighted by atomic mass is 16.4. The van der Waals surface area contributed by atoms with Crippen LogP contribution in [0.1, 0.15) is 52.9 Å². The summed E-state index contributed by atoms with van der Waals surface area (Å²) in [5.74, 6) is -2.24. The molecule has 156 valence electrons. The summed E-state index contributed by atoms with van der Waals surface area (Å²) in [4.78, 5) is 35.7. The molecule has 0 unspecified atom stereocenters. The van der Waals surface area contributed by atoms with Crippen LogP contribution in [0.15, 0.2) is 46.4 Å². The zero-order valence-corrected chi connectivity index (χ0v) is 17.3. The summed E-state index contributed by atoms with van der Waals surface area (Å²) in [5, 5.41) is 22.1. The van der Waals surface area contributed by atoms with Gasteiger partial charge in [0, 0.05) is 11.6 Å². The number of aliphatic carboxylic acids is 1. The lowest BCUT2D eigenvalue weighted by Crippen LogP contribution is -2.39. The zero-order chi connectivity index (χ0) is 21.5. The standard InChI is InChI=1S/C23H29NO5/c1-12-6-5-7-16-20(12)13(2)8-14(3)23(16,4)10-15-21(28)17(24-11-19(26)27)9-18(25)22(15)29/h9,13-14,24,28H,1,5-8,10-11H2,2-4H3,(H,26,27)/t13-,14+,23-/m1/s1. The number of hydrogen-bond acceptors (Lipinski definition) is 5. The van der Waals surface area contributed by atoms with Crippen LogP contribution in [0.5, 0.6) is 0 Å². The van der Waals surface area contributed by atoms with E-state index >= 15 is 0 Å². The molecule has 0 aromatic carbocycles. The molecule has 6 heteroatoms. The SMILES string of the molecule is C=C1CCCC2=C1[C@H](C)C[C@H](C)[C@@]2(C)CC1=C(O)C(NCC(=O)O)=CC(=O)C1=O. The minimum atomic E-state index is -1.12. The molecule has 0 aromatic rings. The van der Waals surface area contributed by atoms with E-state index < -0.39 is 24.1 Å². The van der Waals surface area contributed by atoms with Crippen molar-refractivity contribution in [3.05, 3.63) is 46.4 Å². The lowest BCUT2D eigenvalue weighted by molar-refractivity contribution is -0.135. The van der Waals surface area contributed by atoms with Crippen LogP contribution in [0.4, 0.5) is 0 Å². The van der Waals surface area contributed by atoms with Crippen molar-refractivity contribution in [1.82, 2.24) is 5.32 Å². The molecular formula is C23H29NO5. The molecule has 3 atom stereocenters. The Balaban J connectivity index is 2.03. The molecule has 0 radical (unpaired) electrons. The molecular weight excluding hydrogens is 370 g/mol. The number of aliphatic hydroxyl groups excluding tert-OH is 1. The number of rotatable bonds is 5. The molecule has 29 heavy (non-hydrogen) atoms. The van der Waals surface area contributed by atoms with E-state index in [-0.39, 0.29) is 34.8 Å². The van der Waals surface area contributed by atoms with Crippen molar-refractivity contribution in [2.24, 2.45) is 17.3 Å². The van der Waals surface area contributed by atoms with Crippen LogP contribution in [0.2, 0.25) is 0 Å². The van der Waals surface area contributed by atoms with E-state index in [9.17, 15) is 19.5 Å². The number of nitrogens with one attached hydrogen (secondary N) is 1. The summed E-state index contributed by atoms with van der Waals surface area (Å²) < 4.78 is 0. The molecule has 0 spiro atoms. The molecule has 0 heterocycles. The predicted molar refractivity (Wildman–Crippen MR) is 109 cm³/mol. The Bertz CT molecular complexity index is 891. The van der Waals surface area contributed by atoms with Crippen molar-refractivity contribution in [3.8, 4) is 0 Å². The minimum Gasteiger partial charge on any atom is -0.505 e. The van der Waals surface area contributed by atoms with Crippen molar-refractivity contribution in [1.29, 1.82) is 0 Å². The molecule has 3 aliphatic rings. The van der Waals surface area contributed by atoms with E-state index in [1.165, 1.54) is 11.1 Å². The van der Waals surface area contributed by atoms with Gasteiger partial charge in [-0.05, 0) is 54.9 Å². The summed E-state index contributed by atoms with van der Waals surface area (Å²) in [7, 11) is 0. The van der Waals surface area contributed by atoms with Gasteiger partial charge in [0.2, 0.25) is 11.6 Å². The Hall–Kier alpha value is -2.63. The number of aliphatic hydroxyl groups is 1. The van der Waals surface area contributed by atoms with Gasteiger partial charge in [-0.25, -0.2) is 0 Å². The predicted octanol–water partition coefficient (Wildman–Crippen LogP) is 3.62. The van der Waals surface area contributed by atoms with Gasteiger partial charge < -0.3 is 15.5 Å². The van der Waals surface area contributed by atoms with E-state index in [2.05, 4.69) is 32.7 Å². The lowest BCUT2D eigenvalue weighted by Gasteiger charge is -2.48. The molecule has 6 nitrogen and oxygen atoms in total. The first kappa shape index (κ1) is 21.1. The fourth-order valence-corrected chi connectivity index (χ4v) is 5.21. The third-order valence-corrected chi connectivity index (χ3v) is 6.88. The Morgan fingerprint density at radius 2 is 2.00 bits per heavy atom. The second-order valence-electron chi connectivity index (χ2n) is 8.81. The van der Waals surface area contributed by atoms with Gasteiger partial charge in [-0.1, -0.05) is 38.5 Å². The number of carboxylic acids is 1. The van der Waals surface area contributed by atoms with Gasteiger partial charge in [0.25, 0.3) is 0 Å². The van der Waals surface area contributed by atoms with Gasteiger partial charge in [0.1, 0.15) is 12.3 Å². The minimum absolute atomic E-state index is 0.00492. The summed E-state index contributed by atoms with van der Waals surface area (Å²) in [6, 6.07) is 0. The van der Waals surface area contributed by atoms with Crippen LogP contribution in [0, 0.1) is 17.3 Å². The lowest BCUT2D eigenvalue weighted by atomic mass is 9.56. The van der Waals surface area contributed by atoms with Crippen LogP contribution >= 0.6 is 0 Å². The van der Waals surface area contributed by atoms with Crippen LogP contribution in [-0.2, 0) is 14.4 Å². The molecule has 0 amide bonds. The van der Waals surface area contributed by atoms with Crippen molar-refractivity contribution >= 4 is 17.5 Å². The number of ketones is 2. The maximum Gasteiger partial charge on any atom is 0.322 e. The second kappa shape index (κ2) is 7.65. The Kier molecular flexibility index (Phi) is 5.57. The molecule has 0 aromatic heterocycles. The average molecular weight is 399 g/mol. The van der Waals surface area contributed by atoms with Gasteiger partial charge in [0.05, 0.1) is 5.70 Å². The largest absolute Gasteiger partial charge is 0.505 e. The molecule has 0 bridgehead atoms. The highest BCUT2D eigenvalue weighted by Crippen LogP contribution is 2.55. The third-order valence-electron chi connectivity index (χ3n) is 6.88. The van der Waals surface area contributed by atoms with Crippen LogP contribution < -0.4 is 5.32 Å². The van der Waals surface area contributed by atoms with E-state index in [1.54, 1.807) is 0 Å². The van der Waals surface area contributed by atoms with E-state index in [4.69, 9.17) is 5.11 Å². The van der Waals surface area contributed by atoms with E-state index in [1.807, 2.05) is 0 Å². The normalized spacial score (nSPS) is 30.3. The number of carbonyl (C=O) groups is 3. The molecule has 0 saturated carbocycles. The Morgan fingerprint density at radius 1 is 1.31 bits per heavy atom. The van der Waals surface area contributed by atoms with E-state index in [0.717, 1.165) is 37.3 Å². The highest BCUT2D eigenvalue weighted by Gasteiger charge is 2.46. The van der Waals surface area contributed by atoms with Crippen LogP contribution in [-0.4, -0.2) is 34.3 Å². The van der Waals surface area contributed by atoms with Crippen molar-refractivity contribution < 1.29 is 24.6 Å². The smallest absolute Gasteiger partial charge is 0.322 e. The fraction of sp³-hybridized carbons (Fsp3) is 0.522. The Labute approximate surface area is 171 Å². The zero-order valence-electron chi connectivity index (χ0n) is 17.3. The summed E-state index contributed by atoms with van der Waals surface area (Å²) in [6.45, 7) is 10.3. The quantitative estimate of drug-likeness (QED) is 0.482. The number of carboxylic acid groups (broad SMARTS) is 1. The summed E-state index contributed by atoms with van der Waals surface area (Å²) >= 11 is 0. The maximum absolute atomic E-state index is 12.6. The van der Waals surface area contributed by atoms with Crippen molar-refractivity contribution in [3.63, 3.8) is 0 Å². The molecule has 0 aliphatic heterocycles. The summed E-state index contributed by atoms with van der Waals surface area (Å²) in [6.07, 6.45) is 5.09. The second-order valence-corrected chi connectivity index (χ2v) is 8.81. The molecule has 0 saturated heterocycles. The van der Waals surface area contributed by atoms with Gasteiger partial charge in [-0.15, -0.1) is 0 Å². The van der Waals surface area contributed by atoms with Gasteiger partial charge >= 0.3 is 5.97 Å². The van der Waals surface area contributed by atoms with Crippen LogP contribution in [0.3, 0.4) is 0 Å². The topological polar surface area (TPSA) is 104 Å². The van der Waals surface area contributed by atoms with Gasteiger partial charge in [0.15, 0.2) is 0 Å². The fourth-order valence-electron chi connectivity index (χ4n) is 5.21. The Morgan fingerprint density at radius 3 is 2.66 bits per heavy atom. The third kappa shape index (κ3) is 3.68. The summed E-state index contributed by atoms with van der Waals surface area (Å²) in [5.41, 5.74) is 3.43. The molecule has 3 rings (SSSR count). The van der Waals surface area contributed by atoms with Crippen molar-refractivity contribution in [2.45, 2.75) is 52.9 Å². The molecule has 3 aliphatic carbocycles.